The van der Waals surface area contributed by atoms with Gasteiger partial charge >= 0.3 is 6.01 Å². The molecule has 1 N–H and O–H groups in total. The van der Waals surface area contributed by atoms with Crippen molar-refractivity contribution in [2.45, 2.75) is 25.7 Å². The molecule has 1 heterocycles. The van der Waals surface area contributed by atoms with Gasteiger partial charge in [0.1, 0.15) is 0 Å². The van der Waals surface area contributed by atoms with Crippen LogP contribution in [0.3, 0.4) is 0 Å². The van der Waals surface area contributed by atoms with Gasteiger partial charge in [0.25, 0.3) is 0 Å². The molecule has 0 spiro atoms. The topological polar surface area (TPSA) is 59.9 Å². The van der Waals surface area contributed by atoms with Crippen LogP contribution in [0, 0.1) is 5.92 Å². The van der Waals surface area contributed by atoms with E-state index in [2.05, 4.69) is 20.3 Å². The van der Waals surface area contributed by atoms with Crippen LogP contribution in [0.1, 0.15) is 25.7 Å². The molecule has 6 heteroatoms. The molecule has 0 atom stereocenters. The minimum absolute atomic E-state index is 0.153. The van der Waals surface area contributed by atoms with E-state index in [0.717, 1.165) is 0 Å². The average Bonchev–Trinajstić information content (AvgIpc) is 2.78. The summed E-state index contributed by atoms with van der Waals surface area (Å²) in [5.74, 6) is 1.06. The molecular formula is C10H15ClN4O. The fourth-order valence-electron chi connectivity index (χ4n) is 1.88. The predicted molar refractivity (Wildman–Crippen MR) is 61.8 cm³/mol. The Bertz CT molecular complexity index is 355. The van der Waals surface area contributed by atoms with Gasteiger partial charge in [0.2, 0.25) is 11.2 Å². The molecule has 1 aromatic rings. The Morgan fingerprint density at radius 2 is 2.06 bits per heavy atom. The molecule has 0 saturated heterocycles. The van der Waals surface area contributed by atoms with E-state index < -0.39 is 0 Å². The summed E-state index contributed by atoms with van der Waals surface area (Å²) in [6.07, 6.45) is 5.07. The maximum Gasteiger partial charge on any atom is 0.322 e. The smallest absolute Gasteiger partial charge is 0.322 e. The molecule has 1 aliphatic carbocycles. The molecule has 5 nitrogen and oxygen atoms in total. The lowest BCUT2D eigenvalue weighted by Gasteiger charge is -2.10. The van der Waals surface area contributed by atoms with Gasteiger partial charge in [-0.25, -0.2) is 0 Å². The molecule has 0 radical (unpaired) electrons. The van der Waals surface area contributed by atoms with E-state index in [1.54, 1.807) is 7.05 Å². The SMILES string of the molecule is CNc1nc(Cl)nc(OCC2CCCC2)n1. The predicted octanol–water partition coefficient (Wildman–Crippen LogP) is 2.14. The average molecular weight is 243 g/mol. The third kappa shape index (κ3) is 2.95. The highest BCUT2D eigenvalue weighted by Crippen LogP contribution is 2.25. The highest BCUT2D eigenvalue weighted by Gasteiger charge is 2.16. The minimum atomic E-state index is 0.153. The van der Waals surface area contributed by atoms with E-state index >= 15 is 0 Å². The number of nitrogens with zero attached hydrogens (tertiary/aromatic N) is 3. The Kier molecular flexibility index (Phi) is 3.77. The summed E-state index contributed by atoms with van der Waals surface area (Å²) in [5.41, 5.74) is 0. The monoisotopic (exact) mass is 242 g/mol. The Morgan fingerprint density at radius 1 is 1.31 bits per heavy atom. The lowest BCUT2D eigenvalue weighted by molar-refractivity contribution is 0.234. The van der Waals surface area contributed by atoms with E-state index in [9.17, 15) is 0 Å². The van der Waals surface area contributed by atoms with Gasteiger partial charge in [-0.1, -0.05) is 12.8 Å². The number of nitrogens with one attached hydrogen (secondary N) is 1. The van der Waals surface area contributed by atoms with Crippen molar-refractivity contribution in [1.82, 2.24) is 15.0 Å². The molecule has 1 aliphatic rings. The van der Waals surface area contributed by atoms with Crippen LogP contribution in [0.15, 0.2) is 0 Å². The van der Waals surface area contributed by atoms with E-state index in [-0.39, 0.29) is 5.28 Å². The molecule has 0 aliphatic heterocycles. The van der Waals surface area contributed by atoms with Crippen LogP contribution in [0.5, 0.6) is 6.01 Å². The Hall–Kier alpha value is -1.10. The zero-order valence-corrected chi connectivity index (χ0v) is 10.00. The molecule has 1 saturated carbocycles. The van der Waals surface area contributed by atoms with Crippen molar-refractivity contribution in [1.29, 1.82) is 0 Å². The van der Waals surface area contributed by atoms with Crippen LogP contribution in [-0.4, -0.2) is 28.6 Å². The normalized spacial score (nSPS) is 16.4. The third-order valence-electron chi connectivity index (χ3n) is 2.73. The zero-order valence-electron chi connectivity index (χ0n) is 9.24. The molecule has 0 aromatic carbocycles. The van der Waals surface area contributed by atoms with Gasteiger partial charge in [-0.3, -0.25) is 0 Å². The maximum absolute atomic E-state index is 5.74. The Balaban J connectivity index is 1.94. The van der Waals surface area contributed by atoms with Crippen molar-refractivity contribution in [3.63, 3.8) is 0 Å². The van der Waals surface area contributed by atoms with E-state index in [1.807, 2.05) is 0 Å². The van der Waals surface area contributed by atoms with Crippen LogP contribution in [0.25, 0.3) is 0 Å². The second kappa shape index (κ2) is 5.30. The first-order valence-corrected chi connectivity index (χ1v) is 5.88. The molecule has 1 aromatic heterocycles. The number of hydrogen-bond acceptors (Lipinski definition) is 5. The van der Waals surface area contributed by atoms with Crippen molar-refractivity contribution >= 4 is 17.5 Å². The van der Waals surface area contributed by atoms with Crippen molar-refractivity contribution in [3.8, 4) is 6.01 Å². The summed E-state index contributed by atoms with van der Waals surface area (Å²) in [6.45, 7) is 0.670. The van der Waals surface area contributed by atoms with Crippen molar-refractivity contribution in [2.75, 3.05) is 19.0 Å². The first-order chi connectivity index (χ1) is 7.78. The number of hydrogen-bond donors (Lipinski definition) is 1. The first-order valence-electron chi connectivity index (χ1n) is 5.50. The van der Waals surface area contributed by atoms with Crippen molar-refractivity contribution < 1.29 is 4.74 Å². The zero-order chi connectivity index (χ0) is 11.4. The van der Waals surface area contributed by atoms with Gasteiger partial charge < -0.3 is 10.1 Å². The maximum atomic E-state index is 5.74. The third-order valence-corrected chi connectivity index (χ3v) is 2.90. The van der Waals surface area contributed by atoms with E-state index in [1.165, 1.54) is 25.7 Å². The molecule has 0 unspecified atom stereocenters. The number of aromatic nitrogens is 3. The second-order valence-corrected chi connectivity index (χ2v) is 4.26. The summed E-state index contributed by atoms with van der Waals surface area (Å²) < 4.78 is 5.53. The second-order valence-electron chi connectivity index (χ2n) is 3.92. The summed E-state index contributed by atoms with van der Waals surface area (Å²) in [6, 6.07) is 0.302. The molecule has 0 amide bonds. The fourth-order valence-corrected chi connectivity index (χ4v) is 2.03. The van der Waals surface area contributed by atoms with Crippen molar-refractivity contribution in [3.05, 3.63) is 5.28 Å². The van der Waals surface area contributed by atoms with Gasteiger partial charge in [-0.2, -0.15) is 15.0 Å². The number of ether oxygens (including phenoxy) is 1. The fraction of sp³-hybridized carbons (Fsp3) is 0.700. The van der Waals surface area contributed by atoms with Gasteiger partial charge in [0.15, 0.2) is 0 Å². The summed E-state index contributed by atoms with van der Waals surface area (Å²) in [4.78, 5) is 11.9. The van der Waals surface area contributed by atoms with Crippen LogP contribution in [0.2, 0.25) is 5.28 Å². The molecule has 16 heavy (non-hydrogen) atoms. The van der Waals surface area contributed by atoms with Crippen molar-refractivity contribution in [2.24, 2.45) is 5.92 Å². The molecule has 0 bridgehead atoms. The van der Waals surface area contributed by atoms with Crippen LogP contribution in [0.4, 0.5) is 5.95 Å². The number of rotatable bonds is 4. The molecule has 88 valence electrons. The highest BCUT2D eigenvalue weighted by molar-refractivity contribution is 6.28. The lowest BCUT2D eigenvalue weighted by atomic mass is 10.1. The molecule has 1 fully saturated rings. The first kappa shape index (κ1) is 11.4. The van der Waals surface area contributed by atoms with Gasteiger partial charge in [0.05, 0.1) is 6.61 Å². The number of anilines is 1. The standard InChI is InChI=1S/C10H15ClN4O/c1-12-9-13-8(11)14-10(15-9)16-6-7-4-2-3-5-7/h7H,2-6H2,1H3,(H,12,13,14,15). The summed E-state index contributed by atoms with van der Waals surface area (Å²) >= 11 is 5.74. The van der Waals surface area contributed by atoms with Gasteiger partial charge in [-0.05, 0) is 30.4 Å². The molecule has 2 rings (SSSR count). The highest BCUT2D eigenvalue weighted by atomic mass is 35.5. The largest absolute Gasteiger partial charge is 0.463 e. The van der Waals surface area contributed by atoms with E-state index in [0.29, 0.717) is 24.5 Å². The number of halogens is 1. The van der Waals surface area contributed by atoms with Crippen LogP contribution >= 0.6 is 11.6 Å². The van der Waals surface area contributed by atoms with Crippen LogP contribution in [-0.2, 0) is 0 Å². The summed E-state index contributed by atoms with van der Waals surface area (Å²) in [5, 5.41) is 2.96. The lowest BCUT2D eigenvalue weighted by Crippen LogP contribution is -2.11. The van der Waals surface area contributed by atoms with Gasteiger partial charge in [-0.15, -0.1) is 0 Å². The Labute approximate surface area is 99.6 Å². The molecular weight excluding hydrogens is 228 g/mol. The van der Waals surface area contributed by atoms with Gasteiger partial charge in [0, 0.05) is 7.05 Å². The van der Waals surface area contributed by atoms with Crippen LogP contribution < -0.4 is 10.1 Å². The quantitative estimate of drug-likeness (QED) is 0.877. The van der Waals surface area contributed by atoms with E-state index in [4.69, 9.17) is 16.3 Å². The summed E-state index contributed by atoms with van der Waals surface area (Å²) in [7, 11) is 1.73. The minimum Gasteiger partial charge on any atom is -0.463 e. The Morgan fingerprint density at radius 3 is 2.75 bits per heavy atom.